The SMILES string of the molecule is CNc1nc(-c2cc(/C=C\N(C)CCCCC3CC3)c(C=O)cc2F)ncc1C(F)F. The summed E-state index contributed by atoms with van der Waals surface area (Å²) >= 11 is 0. The number of nitrogens with zero attached hydrogens (tertiary/aromatic N) is 3. The number of nitrogens with one attached hydrogen (secondary N) is 1. The van der Waals surface area contributed by atoms with Crippen molar-refractivity contribution in [2.45, 2.75) is 38.5 Å². The third kappa shape index (κ3) is 6.06. The first kappa shape index (κ1) is 22.8. The molecule has 1 saturated carbocycles. The van der Waals surface area contributed by atoms with E-state index in [4.69, 9.17) is 0 Å². The van der Waals surface area contributed by atoms with Crippen molar-refractivity contribution >= 4 is 18.2 Å². The number of halogens is 3. The molecule has 2 aromatic rings. The molecule has 31 heavy (non-hydrogen) atoms. The normalized spacial score (nSPS) is 13.7. The molecule has 0 atom stereocenters. The fourth-order valence-electron chi connectivity index (χ4n) is 3.39. The molecule has 1 heterocycles. The van der Waals surface area contributed by atoms with E-state index in [1.165, 1.54) is 38.8 Å². The van der Waals surface area contributed by atoms with Crippen molar-refractivity contribution in [3.05, 3.63) is 47.0 Å². The van der Waals surface area contributed by atoms with Crippen LogP contribution in [0.15, 0.2) is 24.5 Å². The van der Waals surface area contributed by atoms with Gasteiger partial charge >= 0.3 is 0 Å². The van der Waals surface area contributed by atoms with Gasteiger partial charge in [0.15, 0.2) is 12.1 Å². The minimum absolute atomic E-state index is 0.0354. The number of aldehydes is 1. The van der Waals surface area contributed by atoms with Crippen molar-refractivity contribution in [1.82, 2.24) is 14.9 Å². The van der Waals surface area contributed by atoms with E-state index in [9.17, 15) is 18.0 Å². The summed E-state index contributed by atoms with van der Waals surface area (Å²) in [5.74, 6) is 0.127. The Morgan fingerprint density at radius 1 is 1.26 bits per heavy atom. The van der Waals surface area contributed by atoms with Crippen LogP contribution in [0.2, 0.25) is 0 Å². The first-order valence-electron chi connectivity index (χ1n) is 10.4. The molecule has 1 aliphatic carbocycles. The predicted octanol–water partition coefficient (Wildman–Crippen LogP) is 5.56. The second-order valence-electron chi connectivity index (χ2n) is 7.86. The van der Waals surface area contributed by atoms with Gasteiger partial charge < -0.3 is 10.2 Å². The molecule has 166 valence electrons. The van der Waals surface area contributed by atoms with Gasteiger partial charge in [-0.2, -0.15) is 0 Å². The number of unbranched alkanes of at least 4 members (excludes halogenated alkanes) is 1. The Morgan fingerprint density at radius 2 is 2.03 bits per heavy atom. The molecule has 0 aliphatic heterocycles. The topological polar surface area (TPSA) is 58.1 Å². The van der Waals surface area contributed by atoms with E-state index < -0.39 is 12.2 Å². The molecule has 1 aromatic heterocycles. The van der Waals surface area contributed by atoms with Crippen LogP contribution in [0.4, 0.5) is 19.0 Å². The van der Waals surface area contributed by atoms with E-state index in [-0.39, 0.29) is 28.3 Å². The number of carbonyl (C=O) groups excluding carboxylic acids is 1. The van der Waals surface area contributed by atoms with Gasteiger partial charge in [-0.3, -0.25) is 4.79 Å². The maximum absolute atomic E-state index is 14.6. The fourth-order valence-corrected chi connectivity index (χ4v) is 3.39. The number of carbonyl (C=O) groups is 1. The summed E-state index contributed by atoms with van der Waals surface area (Å²) < 4.78 is 40.8. The van der Waals surface area contributed by atoms with Crippen LogP contribution in [0.1, 0.15) is 60.0 Å². The molecule has 1 N–H and O–H groups in total. The molecule has 1 aromatic carbocycles. The molecule has 0 amide bonds. The minimum atomic E-state index is -2.75. The van der Waals surface area contributed by atoms with E-state index in [0.717, 1.165) is 31.1 Å². The molecular formula is C23H27F3N4O. The van der Waals surface area contributed by atoms with E-state index in [0.29, 0.717) is 11.8 Å². The molecule has 8 heteroatoms. The molecule has 0 unspecified atom stereocenters. The lowest BCUT2D eigenvalue weighted by Crippen LogP contribution is -2.12. The van der Waals surface area contributed by atoms with Crippen molar-refractivity contribution in [3.63, 3.8) is 0 Å². The molecule has 0 spiro atoms. The Bertz CT molecular complexity index is 945. The maximum atomic E-state index is 14.6. The van der Waals surface area contributed by atoms with Gasteiger partial charge in [0.1, 0.15) is 11.6 Å². The smallest absolute Gasteiger partial charge is 0.268 e. The van der Waals surface area contributed by atoms with E-state index in [2.05, 4.69) is 15.3 Å². The second kappa shape index (κ2) is 10.4. The third-order valence-corrected chi connectivity index (χ3v) is 5.41. The summed E-state index contributed by atoms with van der Waals surface area (Å²) in [5.41, 5.74) is 0.371. The summed E-state index contributed by atoms with van der Waals surface area (Å²) in [6, 6.07) is 2.58. The van der Waals surface area contributed by atoms with Gasteiger partial charge in [0.2, 0.25) is 0 Å². The molecule has 3 rings (SSSR count). The van der Waals surface area contributed by atoms with Crippen LogP contribution in [0, 0.1) is 11.7 Å². The Hall–Kier alpha value is -2.90. The highest BCUT2D eigenvalue weighted by Crippen LogP contribution is 2.34. The molecule has 0 saturated heterocycles. The van der Waals surface area contributed by atoms with Gasteiger partial charge in [-0.05, 0) is 42.3 Å². The molecule has 0 radical (unpaired) electrons. The lowest BCUT2D eigenvalue weighted by atomic mass is 10.0. The summed E-state index contributed by atoms with van der Waals surface area (Å²) in [5, 5.41) is 2.59. The molecule has 1 fully saturated rings. The standard InChI is InChI=1S/C23H27F3N4O/c1-27-22-19(21(25)26)13-28-23(29-22)18-11-16(17(14-31)12-20(18)24)8-10-30(2)9-4-3-5-15-6-7-15/h8,10-15,21H,3-7,9H2,1-2H3,(H,27,28,29)/b10-8-. The number of anilines is 1. The average molecular weight is 432 g/mol. The van der Waals surface area contributed by atoms with Crippen molar-refractivity contribution in [3.8, 4) is 11.4 Å². The number of aromatic nitrogens is 2. The highest BCUT2D eigenvalue weighted by atomic mass is 19.3. The lowest BCUT2D eigenvalue weighted by molar-refractivity contribution is 0.112. The minimum Gasteiger partial charge on any atom is -0.380 e. The van der Waals surface area contributed by atoms with Crippen LogP contribution < -0.4 is 5.32 Å². The largest absolute Gasteiger partial charge is 0.380 e. The van der Waals surface area contributed by atoms with Gasteiger partial charge in [-0.15, -0.1) is 0 Å². The lowest BCUT2D eigenvalue weighted by Gasteiger charge is -2.14. The highest BCUT2D eigenvalue weighted by Gasteiger charge is 2.20. The summed E-state index contributed by atoms with van der Waals surface area (Å²) in [4.78, 5) is 21.4. The van der Waals surface area contributed by atoms with Gasteiger partial charge in [0.05, 0.1) is 11.1 Å². The summed E-state index contributed by atoms with van der Waals surface area (Å²) in [6.07, 6.45) is 8.69. The highest BCUT2D eigenvalue weighted by molar-refractivity contribution is 5.84. The maximum Gasteiger partial charge on any atom is 0.268 e. The quantitative estimate of drug-likeness (QED) is 0.372. The van der Waals surface area contributed by atoms with E-state index >= 15 is 0 Å². The number of rotatable bonds is 11. The Morgan fingerprint density at radius 3 is 2.68 bits per heavy atom. The van der Waals surface area contributed by atoms with Gasteiger partial charge in [0.25, 0.3) is 6.43 Å². The van der Waals surface area contributed by atoms with Crippen LogP contribution in [0.25, 0.3) is 17.5 Å². The van der Waals surface area contributed by atoms with Crippen LogP contribution in [-0.4, -0.2) is 41.8 Å². The van der Waals surface area contributed by atoms with Gasteiger partial charge in [0, 0.05) is 32.4 Å². The number of hydrogen-bond donors (Lipinski definition) is 1. The summed E-state index contributed by atoms with van der Waals surface area (Å²) in [7, 11) is 3.41. The summed E-state index contributed by atoms with van der Waals surface area (Å²) in [6.45, 7) is 0.886. The number of alkyl halides is 2. The zero-order valence-corrected chi connectivity index (χ0v) is 17.7. The van der Waals surface area contributed by atoms with Crippen molar-refractivity contribution < 1.29 is 18.0 Å². The van der Waals surface area contributed by atoms with Gasteiger partial charge in [-0.1, -0.05) is 25.7 Å². The van der Waals surface area contributed by atoms with Crippen LogP contribution in [0.3, 0.4) is 0 Å². The van der Waals surface area contributed by atoms with Crippen molar-refractivity contribution in [1.29, 1.82) is 0 Å². The van der Waals surface area contributed by atoms with E-state index in [1.807, 2.05) is 18.1 Å². The van der Waals surface area contributed by atoms with Crippen molar-refractivity contribution in [2.75, 3.05) is 26.0 Å². The zero-order chi connectivity index (χ0) is 22.4. The first-order chi connectivity index (χ1) is 14.9. The average Bonchev–Trinajstić information content (AvgIpc) is 3.59. The Labute approximate surface area is 180 Å². The second-order valence-corrected chi connectivity index (χ2v) is 7.86. The number of hydrogen-bond acceptors (Lipinski definition) is 5. The molecular weight excluding hydrogens is 405 g/mol. The van der Waals surface area contributed by atoms with E-state index in [1.54, 1.807) is 6.08 Å². The fraction of sp³-hybridized carbons (Fsp3) is 0.435. The predicted molar refractivity (Wildman–Crippen MR) is 116 cm³/mol. The van der Waals surface area contributed by atoms with Gasteiger partial charge in [-0.25, -0.2) is 23.1 Å². The third-order valence-electron chi connectivity index (χ3n) is 5.41. The Balaban J connectivity index is 1.79. The van der Waals surface area contributed by atoms with Crippen molar-refractivity contribution in [2.24, 2.45) is 5.92 Å². The Kier molecular flexibility index (Phi) is 7.65. The zero-order valence-electron chi connectivity index (χ0n) is 17.7. The molecule has 0 bridgehead atoms. The van der Waals surface area contributed by atoms with Crippen LogP contribution >= 0.6 is 0 Å². The monoisotopic (exact) mass is 432 g/mol. The van der Waals surface area contributed by atoms with Crippen LogP contribution in [0.5, 0.6) is 0 Å². The van der Waals surface area contributed by atoms with Crippen LogP contribution in [-0.2, 0) is 0 Å². The first-order valence-corrected chi connectivity index (χ1v) is 10.4. The molecule has 1 aliphatic rings. The number of benzene rings is 1. The molecule has 5 nitrogen and oxygen atoms in total.